The number of benzene rings is 2. The van der Waals surface area contributed by atoms with Crippen molar-refractivity contribution in [1.29, 1.82) is 0 Å². The van der Waals surface area contributed by atoms with E-state index in [0.717, 1.165) is 32.1 Å². The van der Waals surface area contributed by atoms with Crippen LogP contribution in [0.4, 0.5) is 10.5 Å². The lowest BCUT2D eigenvalue weighted by molar-refractivity contribution is -0.143. The van der Waals surface area contributed by atoms with Gasteiger partial charge < -0.3 is 31.1 Å². The van der Waals surface area contributed by atoms with Crippen LogP contribution in [0, 0.1) is 40.9 Å². The molecule has 4 N–H and O–H groups in total. The summed E-state index contributed by atoms with van der Waals surface area (Å²) in [4.78, 5) is 137. The third-order valence-corrected chi connectivity index (χ3v) is 14.1. The van der Waals surface area contributed by atoms with Crippen LogP contribution in [0.3, 0.4) is 0 Å². The van der Waals surface area contributed by atoms with Gasteiger partial charge in [0.15, 0.2) is 11.6 Å². The Kier molecular flexibility index (Phi) is 20.4. The number of likely N-dealkylation sites (N-methyl/N-ethyl adjacent to an activating group) is 1. The summed E-state index contributed by atoms with van der Waals surface area (Å²) in [6, 6.07) is 14.1. The maximum atomic E-state index is 14.7. The Hall–Kier alpha value is -6.65. The Morgan fingerprint density at radius 1 is 0.792 bits per heavy atom. The molecular weight excluding hydrogens is 917 g/mol. The van der Waals surface area contributed by atoms with E-state index in [4.69, 9.17) is 0 Å². The monoisotopic (exact) mass is 991 g/mol. The lowest BCUT2D eigenvalue weighted by atomic mass is 9.74. The first-order chi connectivity index (χ1) is 34.2. The van der Waals surface area contributed by atoms with Gasteiger partial charge in [-0.3, -0.25) is 43.3 Å². The Bertz CT molecular complexity index is 2370. The average molecular weight is 991 g/mol. The Balaban J connectivity index is 1.36. The van der Waals surface area contributed by atoms with Crippen molar-refractivity contribution >= 4 is 58.5 Å². The molecular formula is C55H74N8O9. The van der Waals surface area contributed by atoms with Crippen molar-refractivity contribution in [2.45, 2.75) is 124 Å². The fraction of sp³-hybridized carbons (Fsp3) is 0.545. The molecule has 2 fully saturated rings. The van der Waals surface area contributed by atoms with E-state index in [0.29, 0.717) is 17.7 Å². The van der Waals surface area contributed by atoms with Gasteiger partial charge in [-0.25, -0.2) is 9.78 Å². The fourth-order valence-corrected chi connectivity index (χ4v) is 9.80. The maximum absolute atomic E-state index is 14.7. The van der Waals surface area contributed by atoms with Crippen LogP contribution >= 0.6 is 0 Å². The molecule has 0 radical (unpaired) electrons. The number of hydrogen-bond acceptors (Lipinski definition) is 11. The molecule has 0 bridgehead atoms. The van der Waals surface area contributed by atoms with Crippen molar-refractivity contribution < 1.29 is 43.2 Å². The van der Waals surface area contributed by atoms with E-state index in [1.807, 2.05) is 27.7 Å². The van der Waals surface area contributed by atoms with Gasteiger partial charge in [-0.2, -0.15) is 0 Å². The van der Waals surface area contributed by atoms with Crippen LogP contribution in [0.5, 0.6) is 0 Å². The van der Waals surface area contributed by atoms with Crippen LogP contribution in [0.1, 0.15) is 128 Å². The molecule has 2 aliphatic rings. The van der Waals surface area contributed by atoms with Crippen LogP contribution in [0.2, 0.25) is 0 Å². The summed E-state index contributed by atoms with van der Waals surface area (Å²) in [6.07, 6.45) is 8.06. The largest absolute Gasteiger partial charge is 0.351 e. The summed E-state index contributed by atoms with van der Waals surface area (Å²) in [5, 5.41) is 11.6. The second-order valence-corrected chi connectivity index (χ2v) is 21.0. The summed E-state index contributed by atoms with van der Waals surface area (Å²) in [5.74, 6) is -8.82. The molecule has 5 rings (SSSR count). The topological polar surface area (TPSA) is 234 Å². The summed E-state index contributed by atoms with van der Waals surface area (Å²) in [5.41, 5.74) is 0.362. The lowest BCUT2D eigenvalue weighted by Gasteiger charge is -2.34. The number of urea groups is 1. The Labute approximate surface area is 423 Å². The molecule has 1 aromatic heterocycles. The smallest absolute Gasteiger partial charge is 0.321 e. The number of para-hydroxylation sites is 1. The number of nitrogens with zero attached hydrogens (tertiary/aromatic N) is 4. The first-order valence-corrected chi connectivity index (χ1v) is 25.4. The number of carbonyl (C=O) groups is 9. The number of ketones is 4. The number of likely N-dealkylation sites (tertiary alicyclic amines) is 1. The SMILES string of the molecule is CCC[C@H](CC(=O)[C@@H]1CN(C(=O)Nc2ccccc2)CC1NC(=O)[C@@H](CC(=O)[C@@H](NC(=O)c1cnccn1)C1CCCCC1)C(C)(C)C)C(=O)C(=O)C[C@H](C(=O)N[C@H](C(=O)N(C)C)c1ccccc1)C(C)C. The number of Topliss-reactive ketones (excluding diaryl/α,β-unsaturated/α-hetero) is 4. The first kappa shape index (κ1) is 56.3. The average Bonchev–Trinajstić information content (AvgIpc) is 3.79. The quantitative estimate of drug-likeness (QED) is 0.0744. The van der Waals surface area contributed by atoms with Crippen molar-refractivity contribution in [2.75, 3.05) is 32.5 Å². The number of amides is 6. The van der Waals surface area contributed by atoms with Gasteiger partial charge in [0.25, 0.3) is 5.91 Å². The minimum atomic E-state index is -1.05. The maximum Gasteiger partial charge on any atom is 0.321 e. The normalized spacial score (nSPS) is 18.2. The highest BCUT2D eigenvalue weighted by molar-refractivity contribution is 6.38. The number of aromatic nitrogens is 2. The molecule has 17 nitrogen and oxygen atoms in total. The minimum absolute atomic E-state index is 0.0653. The van der Waals surface area contributed by atoms with Crippen LogP contribution in [0.15, 0.2) is 79.3 Å². The van der Waals surface area contributed by atoms with Crippen molar-refractivity contribution in [3.8, 4) is 0 Å². The fourth-order valence-electron chi connectivity index (χ4n) is 9.80. The van der Waals surface area contributed by atoms with E-state index in [1.165, 1.54) is 28.4 Å². The second kappa shape index (κ2) is 26.2. The number of hydrogen-bond donors (Lipinski definition) is 4. The van der Waals surface area contributed by atoms with E-state index < -0.39 is 101 Å². The van der Waals surface area contributed by atoms with Gasteiger partial charge in [0, 0.05) is 82.3 Å². The summed E-state index contributed by atoms with van der Waals surface area (Å²) < 4.78 is 0. The van der Waals surface area contributed by atoms with Crippen LogP contribution < -0.4 is 21.3 Å². The zero-order valence-corrected chi connectivity index (χ0v) is 43.2. The molecule has 1 aliphatic carbocycles. The molecule has 1 saturated carbocycles. The third-order valence-electron chi connectivity index (χ3n) is 14.1. The molecule has 0 spiro atoms. The highest BCUT2D eigenvalue weighted by atomic mass is 16.2. The minimum Gasteiger partial charge on any atom is -0.351 e. The van der Waals surface area contributed by atoms with E-state index in [1.54, 1.807) is 88.6 Å². The molecule has 1 saturated heterocycles. The molecule has 388 valence electrons. The molecule has 6 amide bonds. The van der Waals surface area contributed by atoms with Gasteiger partial charge in [-0.05, 0) is 54.2 Å². The van der Waals surface area contributed by atoms with Gasteiger partial charge in [-0.15, -0.1) is 0 Å². The zero-order chi connectivity index (χ0) is 52.7. The van der Waals surface area contributed by atoms with Crippen molar-refractivity contribution in [1.82, 2.24) is 35.7 Å². The highest BCUT2D eigenvalue weighted by Crippen LogP contribution is 2.34. The second-order valence-electron chi connectivity index (χ2n) is 21.0. The van der Waals surface area contributed by atoms with Crippen LogP contribution in [-0.4, -0.2) is 112 Å². The number of carbonyl (C=O) groups excluding carboxylic acids is 9. The predicted octanol–water partition coefficient (Wildman–Crippen LogP) is 6.55. The van der Waals surface area contributed by atoms with Gasteiger partial charge in [0.05, 0.1) is 24.2 Å². The van der Waals surface area contributed by atoms with Gasteiger partial charge >= 0.3 is 6.03 Å². The molecule has 1 aliphatic heterocycles. The van der Waals surface area contributed by atoms with E-state index in [2.05, 4.69) is 31.2 Å². The number of anilines is 1. The van der Waals surface area contributed by atoms with Gasteiger partial charge in [0.1, 0.15) is 17.5 Å². The standard InChI is InChI=1S/C55H74N8O9/c1-9-19-37(49(67)46(66)29-39(34(2)3)50(68)61-48(53(71)62(7)8)36-22-15-11-16-23-36)28-44(64)40-32-63(54(72)58-38-24-17-12-18-25-38)33-43(40)59-51(69)41(55(4,5)6)30-45(65)47(35-20-13-10-14-21-35)60-52(70)42-31-56-26-27-57-42/h11-12,15-18,22-27,31,34-35,37,39-41,43,47-48H,9-10,13-14,19-21,28-30,32-33H2,1-8H3,(H,58,72)(H,59,69)(H,60,70)(H,61,68)/t37-,39+,40-,41-,43?,47+,48+/m1/s1. The van der Waals surface area contributed by atoms with Crippen molar-refractivity contribution in [3.05, 3.63) is 90.5 Å². The lowest BCUT2D eigenvalue weighted by Crippen LogP contribution is -2.51. The van der Waals surface area contributed by atoms with Crippen molar-refractivity contribution in [2.24, 2.45) is 40.9 Å². The molecule has 17 heteroatoms. The predicted molar refractivity (Wildman–Crippen MR) is 272 cm³/mol. The van der Waals surface area contributed by atoms with E-state index in [-0.39, 0.29) is 55.7 Å². The highest BCUT2D eigenvalue weighted by Gasteiger charge is 2.45. The Morgan fingerprint density at radius 3 is 2.03 bits per heavy atom. The van der Waals surface area contributed by atoms with E-state index >= 15 is 0 Å². The zero-order valence-electron chi connectivity index (χ0n) is 43.2. The Morgan fingerprint density at radius 2 is 1.44 bits per heavy atom. The number of nitrogens with one attached hydrogen (secondary N) is 4. The number of rotatable bonds is 23. The van der Waals surface area contributed by atoms with Crippen LogP contribution in [-0.2, 0) is 33.6 Å². The molecule has 1 unspecified atom stereocenters. The molecule has 2 heterocycles. The molecule has 72 heavy (non-hydrogen) atoms. The summed E-state index contributed by atoms with van der Waals surface area (Å²) in [7, 11) is 3.15. The van der Waals surface area contributed by atoms with Gasteiger partial charge in [0.2, 0.25) is 23.5 Å². The van der Waals surface area contributed by atoms with Crippen LogP contribution in [0.25, 0.3) is 0 Å². The summed E-state index contributed by atoms with van der Waals surface area (Å²) in [6.45, 7) is 10.7. The molecule has 7 atom stereocenters. The third kappa shape index (κ3) is 15.4. The van der Waals surface area contributed by atoms with E-state index in [9.17, 15) is 43.2 Å². The summed E-state index contributed by atoms with van der Waals surface area (Å²) >= 11 is 0. The molecule has 2 aromatic carbocycles. The van der Waals surface area contributed by atoms with Gasteiger partial charge in [-0.1, -0.05) is 116 Å². The molecule has 3 aromatic rings. The first-order valence-electron chi connectivity index (χ1n) is 25.4. The van der Waals surface area contributed by atoms with Crippen molar-refractivity contribution in [3.63, 3.8) is 0 Å².